The molecule has 39 heteroatoms. The number of hydrogen-bond acceptors (Lipinski definition) is 21. The molecule has 0 saturated heterocycles. The molecule has 6 aromatic rings. The van der Waals surface area contributed by atoms with Crippen molar-refractivity contribution in [2.24, 2.45) is 4.99 Å². The van der Waals surface area contributed by atoms with Crippen molar-refractivity contribution in [3.05, 3.63) is 119 Å². The Kier molecular flexibility index (Phi) is 16.8. The van der Waals surface area contributed by atoms with Gasteiger partial charge >= 0.3 is 5.97 Å². The summed E-state index contributed by atoms with van der Waals surface area (Å²) in [6.45, 7) is -2.05. The smallest absolute Gasteiger partial charge is 0.303 e. The lowest BCUT2D eigenvalue weighted by Gasteiger charge is -2.23. The number of carboxylic acids is 1. The zero-order valence-corrected chi connectivity index (χ0v) is 49.2. The largest absolute Gasteiger partial charge is 0.481 e. The van der Waals surface area contributed by atoms with E-state index in [0.29, 0.717) is 24.3 Å². The lowest BCUT2D eigenvalue weighted by atomic mass is 9.90. The molecule has 10 N–H and O–H groups in total. The molecule has 0 unspecified atom stereocenters. The van der Waals surface area contributed by atoms with Crippen LogP contribution in [0.2, 0.25) is 0 Å². The van der Waals surface area contributed by atoms with Gasteiger partial charge in [-0.15, -0.1) is 0 Å². The molecule has 2 aliphatic rings. The van der Waals surface area contributed by atoms with Crippen LogP contribution in [0, 0.1) is 0 Å². The molecule has 1 heterocycles. The van der Waals surface area contributed by atoms with Gasteiger partial charge in [0.05, 0.1) is 27.4 Å². The van der Waals surface area contributed by atoms with E-state index in [0.717, 1.165) is 41.3 Å². The monoisotopic (exact) mass is 1350 g/mol. The van der Waals surface area contributed by atoms with Crippen molar-refractivity contribution < 1.29 is 123 Å². The lowest BCUT2D eigenvalue weighted by molar-refractivity contribution is -0.137. The van der Waals surface area contributed by atoms with Crippen molar-refractivity contribution >= 4 is 131 Å². The summed E-state index contributed by atoms with van der Waals surface area (Å²) in [5.74, 6) is -3.07. The maximum atomic E-state index is 14.3. The van der Waals surface area contributed by atoms with Gasteiger partial charge in [0.1, 0.15) is 19.6 Å². The van der Waals surface area contributed by atoms with Crippen LogP contribution in [0.4, 0.5) is 5.69 Å². The fourth-order valence-corrected chi connectivity index (χ4v) is 15.0. The summed E-state index contributed by atoms with van der Waals surface area (Å²) in [6, 6.07) is 13.3. The minimum Gasteiger partial charge on any atom is -0.481 e. The van der Waals surface area contributed by atoms with Crippen LogP contribution in [-0.4, -0.2) is 139 Å². The molecule has 0 saturated carbocycles. The van der Waals surface area contributed by atoms with Gasteiger partial charge in [-0.05, 0) is 102 Å². The van der Waals surface area contributed by atoms with E-state index >= 15 is 0 Å². The predicted molar refractivity (Wildman–Crippen MR) is 295 cm³/mol. The summed E-state index contributed by atoms with van der Waals surface area (Å²) in [6.07, 6.45) is -0.444. The Hall–Kier alpha value is -7.45. The van der Waals surface area contributed by atoms with Gasteiger partial charge in [-0.25, -0.2) is 0 Å². The number of carbonyl (C=O) groups excluding carboxylic acids is 1. The SMILES string of the molecule is CN(CCCC(=O)O)C(=O)c1ccccc1-c1c2cc/c(=N/Cc3cc(S(=O)(=O)O)c4cc(S(=O)(=O)O)cc(S(=O)(=O)O)c4c3)c(S(=O)(=O)O)c-2oc2c(S(=O)(=O)O)c(NCc3cc(S(=O)(=O)O)c4cc(S(=O)(=O)O)cc(S(=O)(=O)O)c4c3)ccc12. The Balaban J connectivity index is 1.44. The number of nitrogens with one attached hydrogen (secondary N) is 1. The second-order valence-electron chi connectivity index (χ2n) is 18.5. The number of aliphatic carboxylic acids is 1. The van der Waals surface area contributed by atoms with E-state index in [-0.39, 0.29) is 48.2 Å². The van der Waals surface area contributed by atoms with Crippen LogP contribution in [0.15, 0.2) is 146 Å². The number of rotatable bonds is 19. The van der Waals surface area contributed by atoms with Crippen molar-refractivity contribution in [1.82, 2.24) is 4.90 Å². The summed E-state index contributed by atoms with van der Waals surface area (Å²) in [5.41, 5.74) is -3.83. The number of hydrogen-bond donors (Lipinski definition) is 10. The van der Waals surface area contributed by atoms with E-state index in [1.807, 2.05) is 0 Å². The molecule has 1 aliphatic heterocycles. The average molecular weight is 1350 g/mol. The Labute approximate surface area is 486 Å². The third kappa shape index (κ3) is 13.3. The topological polar surface area (TPSA) is 530 Å². The van der Waals surface area contributed by atoms with Crippen LogP contribution >= 0.6 is 0 Å². The minimum atomic E-state index is -5.81. The number of benzene rings is 7. The van der Waals surface area contributed by atoms with Crippen LogP contribution < -0.4 is 10.7 Å². The van der Waals surface area contributed by atoms with E-state index in [1.165, 1.54) is 31.3 Å². The van der Waals surface area contributed by atoms with Gasteiger partial charge in [-0.3, -0.25) is 51.0 Å². The number of carboxylic acid groups (broad SMARTS) is 1. The third-order valence-corrected chi connectivity index (χ3v) is 19.9. The maximum absolute atomic E-state index is 14.3. The zero-order valence-electron chi connectivity index (χ0n) is 42.7. The predicted octanol–water partition coefficient (Wildman–Crippen LogP) is 4.13. The molecule has 8 rings (SSSR count). The number of fused-ring (bicyclic) bond motifs is 4. The first-order valence-electron chi connectivity index (χ1n) is 23.3. The maximum Gasteiger partial charge on any atom is 0.303 e. The lowest BCUT2D eigenvalue weighted by Crippen LogP contribution is -2.28. The molecule has 458 valence electrons. The molecular weight excluding hydrogens is 1310 g/mol. The first-order valence-corrected chi connectivity index (χ1v) is 34.8. The molecule has 1 aliphatic carbocycles. The van der Waals surface area contributed by atoms with Crippen molar-refractivity contribution in [3.8, 4) is 22.5 Å². The summed E-state index contributed by atoms with van der Waals surface area (Å²) in [4.78, 5) is 20.5. The van der Waals surface area contributed by atoms with E-state index < -0.39 is 211 Å². The molecule has 1 amide bonds. The first kappa shape index (κ1) is 64.5. The van der Waals surface area contributed by atoms with Crippen molar-refractivity contribution in [1.29, 1.82) is 0 Å². The zero-order chi connectivity index (χ0) is 64.0. The standard InChI is InChI=1S/C47H39N3O28S8/c1-50(12-4-7-41(51)52)47(53)28-6-3-2-5-27(28)42-29-8-10-35(48-21-23-13-31-33(37(15-23)81(60,61)62)17-25(79(54,55)56)19-39(31)83(66,67)68)45(85(72,73)74)43(29)78-44-30(42)9-11-36(46(44)86(75,76)77)49-22-24-14-32-34(38(16-24)82(63,64)65)18-26(80(57,58)59)20-40(32)84(69,70)71/h2-3,5-6,8-11,13-20,48H,4,7,12,21-22H2,1H3,(H,51,52)(H,54,55,56)(H,57,58,59)(H,60,61,62)(H,63,64,65)(H,66,67,68)(H,69,70,71)(H,72,73,74)(H,75,76,77)/b49-36-. The van der Waals surface area contributed by atoms with Crippen LogP contribution in [-0.2, 0) is 98.8 Å². The highest BCUT2D eigenvalue weighted by atomic mass is 32.2. The number of carbonyl (C=O) groups is 2. The van der Waals surface area contributed by atoms with Gasteiger partial charge in [-0.2, -0.15) is 67.3 Å². The molecule has 0 radical (unpaired) electrons. The van der Waals surface area contributed by atoms with Gasteiger partial charge in [-0.1, -0.05) is 18.2 Å². The van der Waals surface area contributed by atoms with E-state index in [9.17, 15) is 118 Å². The normalized spacial score (nSPS) is 13.4. The summed E-state index contributed by atoms with van der Waals surface area (Å²) in [5, 5.41) is 7.08. The molecular formula is C47H39N3O28S8. The summed E-state index contributed by atoms with van der Waals surface area (Å²) in [7, 11) is -43.1. The van der Waals surface area contributed by atoms with Gasteiger partial charge < -0.3 is 19.7 Å². The Bertz CT molecular complexity index is 5300. The molecule has 0 atom stereocenters. The van der Waals surface area contributed by atoms with E-state index in [1.54, 1.807) is 0 Å². The molecule has 0 bridgehead atoms. The Morgan fingerprint density at radius 3 is 1.48 bits per heavy atom. The van der Waals surface area contributed by atoms with E-state index in [2.05, 4.69) is 10.3 Å². The molecule has 86 heavy (non-hydrogen) atoms. The van der Waals surface area contributed by atoms with Crippen LogP contribution in [0.5, 0.6) is 0 Å². The fourth-order valence-electron chi connectivity index (χ4n) is 9.25. The highest BCUT2D eigenvalue weighted by Crippen LogP contribution is 2.47. The van der Waals surface area contributed by atoms with Crippen LogP contribution in [0.25, 0.3) is 55.0 Å². The Morgan fingerprint density at radius 1 is 0.512 bits per heavy atom. The number of nitrogens with zero attached hydrogens (tertiary/aromatic N) is 2. The molecule has 31 nitrogen and oxygen atoms in total. The molecule has 0 fully saturated rings. The highest BCUT2D eigenvalue weighted by Gasteiger charge is 2.34. The molecule has 6 aromatic carbocycles. The quantitative estimate of drug-likeness (QED) is 0.0402. The summed E-state index contributed by atoms with van der Waals surface area (Å²) < 4.78 is 293. The van der Waals surface area contributed by atoms with Crippen molar-refractivity contribution in [3.63, 3.8) is 0 Å². The minimum absolute atomic E-state index is 0.0622. The highest BCUT2D eigenvalue weighted by molar-refractivity contribution is 7.88. The molecule has 0 aromatic heterocycles. The number of anilines is 1. The molecule has 0 spiro atoms. The van der Waals surface area contributed by atoms with Crippen LogP contribution in [0.3, 0.4) is 0 Å². The van der Waals surface area contributed by atoms with Crippen molar-refractivity contribution in [2.75, 3.05) is 18.9 Å². The Morgan fingerprint density at radius 2 is 0.988 bits per heavy atom. The fraction of sp³-hybridized carbons (Fsp3) is 0.128. The van der Waals surface area contributed by atoms with Gasteiger partial charge in [0.2, 0.25) is 0 Å². The second-order valence-corrected chi connectivity index (χ2v) is 29.7. The van der Waals surface area contributed by atoms with Gasteiger partial charge in [0.25, 0.3) is 86.9 Å². The van der Waals surface area contributed by atoms with Gasteiger partial charge in [0.15, 0.2) is 21.1 Å². The van der Waals surface area contributed by atoms with Crippen LogP contribution in [0.1, 0.15) is 34.3 Å². The van der Waals surface area contributed by atoms with Crippen molar-refractivity contribution in [2.45, 2.75) is 65.1 Å². The van der Waals surface area contributed by atoms with Gasteiger partial charge in [0, 0.05) is 70.2 Å². The third-order valence-electron chi connectivity index (χ3n) is 12.8. The first-order chi connectivity index (χ1) is 39.4. The second kappa shape index (κ2) is 22.4. The summed E-state index contributed by atoms with van der Waals surface area (Å²) >= 11 is 0. The van der Waals surface area contributed by atoms with E-state index in [4.69, 9.17) is 4.42 Å². The number of amides is 1. The average Bonchev–Trinajstić information content (AvgIpc) is 0.842.